The summed E-state index contributed by atoms with van der Waals surface area (Å²) in [7, 11) is -3.75. The van der Waals surface area contributed by atoms with Gasteiger partial charge in [0, 0.05) is 5.03 Å². The summed E-state index contributed by atoms with van der Waals surface area (Å²) < 4.78 is 39.3. The van der Waals surface area contributed by atoms with E-state index in [0.29, 0.717) is 5.03 Å². The third kappa shape index (κ3) is 2.39. The molecule has 1 aliphatic heterocycles. The van der Waals surface area contributed by atoms with Crippen LogP contribution in [0.3, 0.4) is 0 Å². The van der Waals surface area contributed by atoms with Crippen molar-refractivity contribution in [2.75, 3.05) is 0 Å². The highest BCUT2D eigenvalue weighted by Gasteiger charge is 2.60. The number of ether oxygens (including phenoxy) is 2. The van der Waals surface area contributed by atoms with E-state index in [2.05, 4.69) is 0 Å². The van der Waals surface area contributed by atoms with E-state index in [4.69, 9.17) is 21.1 Å². The van der Waals surface area contributed by atoms with Crippen LogP contribution in [0.2, 0.25) is 0 Å². The molecule has 2 bridgehead atoms. The minimum atomic E-state index is -3.75. The van der Waals surface area contributed by atoms with Gasteiger partial charge in [0.2, 0.25) is 9.84 Å². The molecule has 0 radical (unpaired) electrons. The molecule has 6 rings (SSSR count). The van der Waals surface area contributed by atoms with E-state index in [-0.39, 0.29) is 27.9 Å². The van der Waals surface area contributed by atoms with Crippen LogP contribution >= 0.6 is 11.6 Å². The second-order valence-corrected chi connectivity index (χ2v) is 10.0. The Kier molecular flexibility index (Phi) is 3.66. The predicted octanol–water partition coefficient (Wildman–Crippen LogP) is 4.33. The van der Waals surface area contributed by atoms with Gasteiger partial charge in [0.15, 0.2) is 5.79 Å². The largest absolute Gasteiger partial charge is 0.344 e. The minimum Gasteiger partial charge on any atom is -0.344 e. The molecule has 3 aliphatic carbocycles. The van der Waals surface area contributed by atoms with Crippen molar-refractivity contribution in [3.8, 4) is 0 Å². The lowest BCUT2D eigenvalue weighted by atomic mass is 9.68. The Morgan fingerprint density at radius 3 is 2.00 bits per heavy atom. The molecule has 1 fully saturated rings. The predicted molar refractivity (Wildman–Crippen MR) is 102 cm³/mol. The van der Waals surface area contributed by atoms with Gasteiger partial charge in [-0.1, -0.05) is 54.1 Å². The Morgan fingerprint density at radius 2 is 1.37 bits per heavy atom. The van der Waals surface area contributed by atoms with Crippen molar-refractivity contribution < 1.29 is 17.9 Å². The summed E-state index contributed by atoms with van der Waals surface area (Å²) in [5, 5.41) is 0.352. The van der Waals surface area contributed by atoms with Crippen molar-refractivity contribution >= 4 is 21.4 Å². The third-order valence-electron chi connectivity index (χ3n) is 5.62. The van der Waals surface area contributed by atoms with Gasteiger partial charge in [0.25, 0.3) is 0 Å². The zero-order chi connectivity index (χ0) is 19.0. The monoisotopic (exact) mass is 402 g/mol. The number of rotatable bonds is 2. The molecule has 4 nitrogen and oxygen atoms in total. The fourth-order valence-corrected chi connectivity index (χ4v) is 7.07. The van der Waals surface area contributed by atoms with Gasteiger partial charge in [-0.2, -0.15) is 0 Å². The van der Waals surface area contributed by atoms with Crippen molar-refractivity contribution in [3.05, 3.63) is 75.7 Å². The van der Waals surface area contributed by atoms with Crippen LogP contribution in [-0.2, 0) is 19.3 Å². The highest BCUT2D eigenvalue weighted by Crippen LogP contribution is 2.60. The van der Waals surface area contributed by atoms with Gasteiger partial charge < -0.3 is 9.47 Å². The summed E-state index contributed by atoms with van der Waals surface area (Å²) in [4.78, 5) is 0.500. The lowest BCUT2D eigenvalue weighted by molar-refractivity contribution is -0.146. The van der Waals surface area contributed by atoms with Crippen LogP contribution in [0.15, 0.2) is 69.4 Å². The lowest BCUT2D eigenvalue weighted by Crippen LogP contribution is -2.46. The summed E-state index contributed by atoms with van der Waals surface area (Å²) in [6.45, 7) is 3.71. The van der Waals surface area contributed by atoms with Crippen LogP contribution in [0.1, 0.15) is 36.8 Å². The standard InChI is InChI=1S/C21H19ClO4S/c1-21(2)25-18-15-13-10-6-7-11-14(13)16(19(18)26-21)20(17(15)22)27(23,24)12-8-4-3-5-9-12/h3-11,15-16,18-19H,1-2H3. The maximum absolute atomic E-state index is 13.5. The molecule has 0 amide bonds. The Labute approximate surface area is 163 Å². The molecule has 1 heterocycles. The van der Waals surface area contributed by atoms with Crippen molar-refractivity contribution in [2.24, 2.45) is 0 Å². The van der Waals surface area contributed by atoms with E-state index in [1.54, 1.807) is 30.3 Å². The van der Waals surface area contributed by atoms with Crippen LogP contribution < -0.4 is 0 Å². The first-order chi connectivity index (χ1) is 12.8. The van der Waals surface area contributed by atoms with Gasteiger partial charge >= 0.3 is 0 Å². The smallest absolute Gasteiger partial charge is 0.204 e. The van der Waals surface area contributed by atoms with Crippen molar-refractivity contribution in [2.45, 2.75) is 48.6 Å². The number of halogens is 1. The summed E-state index contributed by atoms with van der Waals surface area (Å²) in [6.07, 6.45) is -0.669. The van der Waals surface area contributed by atoms with Crippen molar-refractivity contribution in [1.29, 1.82) is 0 Å². The molecule has 140 valence electrons. The van der Waals surface area contributed by atoms with E-state index < -0.39 is 21.5 Å². The van der Waals surface area contributed by atoms with Gasteiger partial charge in [-0.15, -0.1) is 0 Å². The summed E-state index contributed by atoms with van der Waals surface area (Å²) in [5.41, 5.74) is 1.99. The van der Waals surface area contributed by atoms with Gasteiger partial charge in [-0.25, -0.2) is 8.42 Å². The maximum Gasteiger partial charge on any atom is 0.204 e. The molecule has 2 aromatic carbocycles. The average molecular weight is 403 g/mol. The molecule has 4 unspecified atom stereocenters. The molecule has 0 saturated carbocycles. The molecular weight excluding hydrogens is 384 g/mol. The lowest BCUT2D eigenvalue weighted by Gasteiger charge is -2.45. The van der Waals surface area contributed by atoms with E-state index in [1.807, 2.05) is 38.1 Å². The first-order valence-electron chi connectivity index (χ1n) is 8.95. The van der Waals surface area contributed by atoms with Crippen LogP contribution in [0.4, 0.5) is 0 Å². The number of hydrogen-bond donors (Lipinski definition) is 0. The third-order valence-corrected chi connectivity index (χ3v) is 8.12. The van der Waals surface area contributed by atoms with E-state index in [9.17, 15) is 8.42 Å². The Bertz CT molecular complexity index is 1060. The van der Waals surface area contributed by atoms with Crippen molar-refractivity contribution in [1.82, 2.24) is 0 Å². The topological polar surface area (TPSA) is 52.6 Å². The van der Waals surface area contributed by atoms with Crippen LogP contribution in [0, 0.1) is 0 Å². The Balaban J connectivity index is 1.75. The summed E-state index contributed by atoms with van der Waals surface area (Å²) >= 11 is 6.77. The van der Waals surface area contributed by atoms with Gasteiger partial charge in [0.05, 0.1) is 33.8 Å². The van der Waals surface area contributed by atoms with Gasteiger partial charge in [-0.3, -0.25) is 0 Å². The highest BCUT2D eigenvalue weighted by molar-refractivity contribution is 7.95. The zero-order valence-electron chi connectivity index (χ0n) is 14.9. The molecule has 6 heteroatoms. The molecule has 4 atom stereocenters. The summed E-state index contributed by atoms with van der Waals surface area (Å²) in [5.74, 6) is -1.60. The molecule has 2 aromatic rings. The minimum absolute atomic E-state index is 0.248. The van der Waals surface area contributed by atoms with E-state index >= 15 is 0 Å². The molecule has 27 heavy (non-hydrogen) atoms. The number of sulfone groups is 1. The summed E-state index contributed by atoms with van der Waals surface area (Å²) in [6, 6.07) is 16.3. The Hall–Kier alpha value is -1.66. The quantitative estimate of drug-likeness (QED) is 0.750. The van der Waals surface area contributed by atoms with Gasteiger partial charge in [0.1, 0.15) is 0 Å². The highest BCUT2D eigenvalue weighted by atomic mass is 35.5. The molecule has 0 aromatic heterocycles. The number of hydrogen-bond acceptors (Lipinski definition) is 4. The molecule has 0 spiro atoms. The second kappa shape index (κ2) is 5.67. The Morgan fingerprint density at radius 1 is 0.852 bits per heavy atom. The van der Waals surface area contributed by atoms with E-state index in [1.165, 1.54) is 0 Å². The zero-order valence-corrected chi connectivity index (χ0v) is 16.5. The molecule has 1 saturated heterocycles. The second-order valence-electron chi connectivity index (χ2n) is 7.68. The number of benzene rings is 2. The molecular formula is C21H19ClO4S. The first kappa shape index (κ1) is 17.4. The van der Waals surface area contributed by atoms with Crippen LogP contribution in [-0.4, -0.2) is 26.4 Å². The normalized spacial score (nSPS) is 30.9. The van der Waals surface area contributed by atoms with E-state index in [0.717, 1.165) is 11.1 Å². The van der Waals surface area contributed by atoms with Crippen LogP contribution in [0.5, 0.6) is 0 Å². The molecule has 4 aliphatic rings. The first-order valence-corrected chi connectivity index (χ1v) is 10.8. The fourth-order valence-electron chi connectivity index (χ4n) is 4.66. The fraction of sp³-hybridized carbons (Fsp3) is 0.333. The van der Waals surface area contributed by atoms with Crippen LogP contribution in [0.25, 0.3) is 0 Å². The van der Waals surface area contributed by atoms with Gasteiger partial charge in [-0.05, 0) is 37.1 Å². The maximum atomic E-state index is 13.5. The van der Waals surface area contributed by atoms with Crippen molar-refractivity contribution in [3.63, 3.8) is 0 Å². The average Bonchev–Trinajstić information content (AvgIpc) is 2.97. The molecule has 0 N–H and O–H groups in total. The SMILES string of the molecule is CC1(C)OC2C3C(Cl)=C(S(=O)(=O)c4ccccc4)C(c4ccccc43)C2O1.